The SMILES string of the molecule is O=S(=O)(O)CCCCOCCCCS(=O)(=O)O.O=[Si]=O. The normalized spacial score (nSPS) is 11.3. The number of ether oxygens (including phenoxy) is 1. The average Bonchev–Trinajstić information content (AvgIpc) is 2.25. The molecule has 0 aliphatic rings. The first-order valence-corrected chi connectivity index (χ1v) is 9.63. The quantitative estimate of drug-likeness (QED) is 0.308. The van der Waals surface area contributed by atoms with Crippen LogP contribution in [0.2, 0.25) is 0 Å². The Kier molecular flexibility index (Phi) is 13.5. The zero-order chi connectivity index (χ0) is 16.1. The summed E-state index contributed by atoms with van der Waals surface area (Å²) in [4.78, 5) is 0. The maximum atomic E-state index is 10.3. The van der Waals surface area contributed by atoms with Crippen LogP contribution >= 0.6 is 0 Å². The van der Waals surface area contributed by atoms with Crippen LogP contribution in [0.4, 0.5) is 0 Å². The number of hydrogen-bond donors (Lipinski definition) is 2. The zero-order valence-corrected chi connectivity index (χ0v) is 13.4. The molecular formula is C8H18O9S2Si. The summed E-state index contributed by atoms with van der Waals surface area (Å²) in [5, 5.41) is 0. The summed E-state index contributed by atoms with van der Waals surface area (Å²) in [7, 11) is -9.20. The Labute approximate surface area is 120 Å². The molecule has 9 nitrogen and oxygen atoms in total. The van der Waals surface area contributed by atoms with Crippen LogP contribution in [0.5, 0.6) is 0 Å². The summed E-state index contributed by atoms with van der Waals surface area (Å²) in [5.74, 6) is -0.557. The minimum atomic E-state index is -3.89. The first kappa shape index (κ1) is 21.9. The van der Waals surface area contributed by atoms with Crippen LogP contribution in [0.25, 0.3) is 0 Å². The van der Waals surface area contributed by atoms with E-state index >= 15 is 0 Å². The lowest BCUT2D eigenvalue weighted by Gasteiger charge is -2.03. The monoisotopic (exact) mass is 350 g/mol. The molecule has 0 saturated carbocycles. The van der Waals surface area contributed by atoms with Crippen LogP contribution in [-0.4, -0.2) is 60.0 Å². The molecule has 0 spiro atoms. The molecular weight excluding hydrogens is 332 g/mol. The van der Waals surface area contributed by atoms with Gasteiger partial charge in [-0.15, -0.1) is 0 Å². The van der Waals surface area contributed by atoms with Gasteiger partial charge in [0.15, 0.2) is 0 Å². The van der Waals surface area contributed by atoms with Crippen molar-refractivity contribution in [3.63, 3.8) is 0 Å². The van der Waals surface area contributed by atoms with E-state index in [4.69, 9.17) is 22.8 Å². The van der Waals surface area contributed by atoms with Crippen molar-refractivity contribution >= 4 is 29.5 Å². The predicted octanol–water partition coefficient (Wildman–Crippen LogP) is -0.279. The van der Waals surface area contributed by atoms with Crippen LogP contribution in [0.15, 0.2) is 0 Å². The lowest BCUT2D eigenvalue weighted by Crippen LogP contribution is -2.07. The lowest BCUT2D eigenvalue weighted by molar-refractivity contribution is 0.128. The Morgan fingerprint density at radius 3 is 1.30 bits per heavy atom. The standard InChI is InChI=1S/C8H18O7S2.O2Si/c9-16(10,11)7-3-1-5-15-6-2-4-8-17(12,13)14;1-3-2/h1-8H2,(H,9,10,11)(H,12,13,14);. The van der Waals surface area contributed by atoms with Crippen molar-refractivity contribution in [1.29, 1.82) is 0 Å². The Balaban J connectivity index is 0. The van der Waals surface area contributed by atoms with Crippen molar-refractivity contribution in [2.75, 3.05) is 24.7 Å². The largest absolute Gasteiger partial charge is 0.549 e. The summed E-state index contributed by atoms with van der Waals surface area (Å²) in [5.41, 5.74) is 0. The minimum Gasteiger partial charge on any atom is -0.381 e. The summed E-state index contributed by atoms with van der Waals surface area (Å²) < 4.78 is 80.1. The Morgan fingerprint density at radius 1 is 0.750 bits per heavy atom. The lowest BCUT2D eigenvalue weighted by atomic mass is 10.3. The van der Waals surface area contributed by atoms with Crippen LogP contribution in [-0.2, 0) is 33.9 Å². The van der Waals surface area contributed by atoms with Gasteiger partial charge in [-0.25, -0.2) is 0 Å². The van der Waals surface area contributed by atoms with E-state index in [9.17, 15) is 16.8 Å². The molecule has 0 radical (unpaired) electrons. The molecule has 20 heavy (non-hydrogen) atoms. The van der Waals surface area contributed by atoms with Gasteiger partial charge in [0.05, 0.1) is 11.5 Å². The second-order valence-electron chi connectivity index (χ2n) is 3.68. The average molecular weight is 350 g/mol. The molecule has 0 fully saturated rings. The highest BCUT2D eigenvalue weighted by Crippen LogP contribution is 1.98. The third-order valence-corrected chi connectivity index (χ3v) is 3.49. The zero-order valence-electron chi connectivity index (χ0n) is 10.7. The Morgan fingerprint density at radius 2 is 1.05 bits per heavy atom. The van der Waals surface area contributed by atoms with Crippen LogP contribution in [0.1, 0.15) is 25.7 Å². The van der Waals surface area contributed by atoms with E-state index < -0.39 is 29.5 Å². The molecule has 0 bridgehead atoms. The topological polar surface area (TPSA) is 152 Å². The fraction of sp³-hybridized carbons (Fsp3) is 1.00. The number of unbranched alkanes of at least 4 members (excludes halogenated alkanes) is 2. The predicted molar refractivity (Wildman–Crippen MR) is 69.2 cm³/mol. The molecule has 0 rings (SSSR count). The summed E-state index contributed by atoms with van der Waals surface area (Å²) in [6.07, 6.45) is 1.67. The smallest absolute Gasteiger partial charge is 0.381 e. The van der Waals surface area contributed by atoms with Crippen molar-refractivity contribution in [1.82, 2.24) is 0 Å². The van der Waals surface area contributed by atoms with Gasteiger partial charge in [0, 0.05) is 13.2 Å². The fourth-order valence-corrected chi connectivity index (χ4v) is 2.22. The van der Waals surface area contributed by atoms with Gasteiger partial charge >= 0.3 is 9.29 Å². The third kappa shape index (κ3) is 26.2. The van der Waals surface area contributed by atoms with E-state index in [1.54, 1.807) is 0 Å². The second-order valence-corrected chi connectivity index (χ2v) is 6.99. The Bertz CT molecular complexity index is 426. The highest BCUT2D eigenvalue weighted by Gasteiger charge is 2.04. The van der Waals surface area contributed by atoms with E-state index in [0.29, 0.717) is 38.9 Å². The minimum absolute atomic E-state index is 0.279. The van der Waals surface area contributed by atoms with Crippen molar-refractivity contribution in [2.24, 2.45) is 0 Å². The molecule has 0 aromatic heterocycles. The van der Waals surface area contributed by atoms with Gasteiger partial charge in [0.1, 0.15) is 0 Å². The molecule has 0 aliphatic heterocycles. The fourth-order valence-electron chi connectivity index (χ4n) is 1.08. The highest BCUT2D eigenvalue weighted by molar-refractivity contribution is 7.86. The van der Waals surface area contributed by atoms with Gasteiger partial charge in [0.2, 0.25) is 0 Å². The summed E-state index contributed by atoms with van der Waals surface area (Å²) >= 11 is 0. The van der Waals surface area contributed by atoms with E-state index in [1.165, 1.54) is 0 Å². The maximum Gasteiger partial charge on any atom is 0.549 e. The van der Waals surface area contributed by atoms with Crippen molar-refractivity contribution in [3.8, 4) is 0 Å². The van der Waals surface area contributed by atoms with Gasteiger partial charge in [-0.2, -0.15) is 16.8 Å². The molecule has 120 valence electrons. The van der Waals surface area contributed by atoms with Gasteiger partial charge in [-0.05, 0) is 25.7 Å². The van der Waals surface area contributed by atoms with Gasteiger partial charge in [0.25, 0.3) is 20.2 Å². The molecule has 0 saturated heterocycles. The molecule has 12 heteroatoms. The van der Waals surface area contributed by atoms with Crippen LogP contribution in [0.3, 0.4) is 0 Å². The van der Waals surface area contributed by atoms with Gasteiger partial charge in [-0.1, -0.05) is 0 Å². The third-order valence-electron chi connectivity index (χ3n) is 1.88. The molecule has 0 aliphatic carbocycles. The molecule has 2 N–H and O–H groups in total. The molecule has 0 heterocycles. The van der Waals surface area contributed by atoms with E-state index in [1.807, 2.05) is 0 Å². The molecule has 0 amide bonds. The maximum absolute atomic E-state index is 10.3. The first-order valence-electron chi connectivity index (χ1n) is 5.59. The summed E-state index contributed by atoms with van der Waals surface area (Å²) in [6.45, 7) is 0.725. The van der Waals surface area contributed by atoms with Crippen molar-refractivity contribution < 1.29 is 39.6 Å². The van der Waals surface area contributed by atoms with Crippen molar-refractivity contribution in [2.45, 2.75) is 25.7 Å². The van der Waals surface area contributed by atoms with E-state index in [0.717, 1.165) is 0 Å². The molecule has 0 unspecified atom stereocenters. The van der Waals surface area contributed by atoms with E-state index in [-0.39, 0.29) is 11.5 Å². The molecule has 0 atom stereocenters. The molecule has 0 aromatic carbocycles. The number of hydrogen-bond acceptors (Lipinski definition) is 7. The number of rotatable bonds is 10. The van der Waals surface area contributed by atoms with Crippen molar-refractivity contribution in [3.05, 3.63) is 0 Å². The van der Waals surface area contributed by atoms with E-state index in [2.05, 4.69) is 0 Å². The van der Waals surface area contributed by atoms with Crippen LogP contribution < -0.4 is 0 Å². The highest BCUT2D eigenvalue weighted by atomic mass is 32.2. The second kappa shape index (κ2) is 12.3. The Hall–Kier alpha value is -0.403. The first-order chi connectivity index (χ1) is 9.12. The van der Waals surface area contributed by atoms with Gasteiger partial charge in [-0.3, -0.25) is 18.0 Å². The molecule has 0 aromatic rings. The van der Waals surface area contributed by atoms with Crippen LogP contribution in [0, 0.1) is 0 Å². The van der Waals surface area contributed by atoms with Gasteiger partial charge < -0.3 is 4.74 Å². The summed E-state index contributed by atoms with van der Waals surface area (Å²) in [6, 6.07) is 0.